The third-order valence-corrected chi connectivity index (χ3v) is 4.92. The molecule has 0 aromatic carbocycles. The van der Waals surface area contributed by atoms with Gasteiger partial charge in [0.15, 0.2) is 0 Å². The Morgan fingerprint density at radius 2 is 2.35 bits per heavy atom. The van der Waals surface area contributed by atoms with Crippen LogP contribution in [-0.2, 0) is 13.0 Å². The quantitative estimate of drug-likeness (QED) is 0.714. The highest BCUT2D eigenvalue weighted by Crippen LogP contribution is 2.35. The van der Waals surface area contributed by atoms with Crippen LogP contribution in [0.3, 0.4) is 0 Å². The first kappa shape index (κ1) is 12.4. The second-order valence-electron chi connectivity index (χ2n) is 4.82. The number of nitrogens with zero attached hydrogens (tertiary/aromatic N) is 2. The van der Waals surface area contributed by atoms with Gasteiger partial charge in [-0.3, -0.25) is 0 Å². The molecule has 0 radical (unpaired) electrons. The smallest absolute Gasteiger partial charge is 0.139 e. The molecule has 0 saturated carbocycles. The van der Waals surface area contributed by atoms with Crippen LogP contribution in [0.5, 0.6) is 0 Å². The molecule has 102 valence electrons. The van der Waals surface area contributed by atoms with Gasteiger partial charge >= 0.3 is 0 Å². The van der Waals surface area contributed by atoms with Crippen LogP contribution in [0, 0.1) is 0 Å². The standard InChI is InChI=1S/C14H14N4S2/c1-19-12-4-8(11-6-20-7-16-11)13-9-5-15-3-2-10(9)17-14(13)18-12/h4,6-7,15H,2-3,5H2,1H3,(H,17,18). The average Bonchev–Trinajstić information content (AvgIpc) is 3.13. The first-order valence-corrected chi connectivity index (χ1v) is 8.71. The van der Waals surface area contributed by atoms with Gasteiger partial charge in [0.2, 0.25) is 0 Å². The van der Waals surface area contributed by atoms with Gasteiger partial charge in [-0.05, 0) is 17.9 Å². The molecule has 0 bridgehead atoms. The SMILES string of the molecule is CSc1cc(-c2cscn2)c2c3c([nH]c2n1)CCNC3. The molecule has 1 aliphatic rings. The minimum absolute atomic E-state index is 0.909. The van der Waals surface area contributed by atoms with Gasteiger partial charge in [-0.1, -0.05) is 0 Å². The van der Waals surface area contributed by atoms with E-state index in [1.165, 1.54) is 22.2 Å². The number of aromatic nitrogens is 3. The Morgan fingerprint density at radius 3 is 3.15 bits per heavy atom. The van der Waals surface area contributed by atoms with Gasteiger partial charge in [0.25, 0.3) is 0 Å². The van der Waals surface area contributed by atoms with Gasteiger partial charge in [-0.25, -0.2) is 9.97 Å². The number of thioether (sulfide) groups is 1. The monoisotopic (exact) mass is 302 g/mol. The van der Waals surface area contributed by atoms with Gasteiger partial charge < -0.3 is 10.3 Å². The van der Waals surface area contributed by atoms with Crippen LogP contribution in [0.4, 0.5) is 0 Å². The normalized spacial score (nSPS) is 14.7. The first-order valence-electron chi connectivity index (χ1n) is 6.54. The molecule has 0 spiro atoms. The molecule has 0 fully saturated rings. The lowest BCUT2D eigenvalue weighted by atomic mass is 10.0. The number of fused-ring (bicyclic) bond motifs is 3. The van der Waals surface area contributed by atoms with E-state index in [0.29, 0.717) is 0 Å². The molecule has 0 amide bonds. The van der Waals surface area contributed by atoms with E-state index in [9.17, 15) is 0 Å². The van der Waals surface area contributed by atoms with Crippen molar-refractivity contribution in [1.82, 2.24) is 20.3 Å². The number of nitrogens with one attached hydrogen (secondary N) is 2. The van der Waals surface area contributed by atoms with E-state index >= 15 is 0 Å². The number of H-pyrrole nitrogens is 1. The van der Waals surface area contributed by atoms with Gasteiger partial charge in [0.05, 0.1) is 16.2 Å². The maximum absolute atomic E-state index is 4.72. The fourth-order valence-electron chi connectivity index (χ4n) is 2.77. The number of aromatic amines is 1. The van der Waals surface area contributed by atoms with Gasteiger partial charge in [0, 0.05) is 41.5 Å². The lowest BCUT2D eigenvalue weighted by Gasteiger charge is -2.13. The molecule has 3 aromatic heterocycles. The van der Waals surface area contributed by atoms with Crippen molar-refractivity contribution in [3.05, 3.63) is 28.2 Å². The molecule has 0 aliphatic carbocycles. The van der Waals surface area contributed by atoms with Crippen LogP contribution in [0.15, 0.2) is 22.0 Å². The van der Waals surface area contributed by atoms with Crippen LogP contribution >= 0.6 is 23.1 Å². The Morgan fingerprint density at radius 1 is 1.40 bits per heavy atom. The van der Waals surface area contributed by atoms with Crippen molar-refractivity contribution in [3.63, 3.8) is 0 Å². The van der Waals surface area contributed by atoms with Gasteiger partial charge in [0.1, 0.15) is 5.65 Å². The zero-order valence-electron chi connectivity index (χ0n) is 11.1. The third-order valence-electron chi connectivity index (χ3n) is 3.70. The minimum Gasteiger partial charge on any atom is -0.343 e. The summed E-state index contributed by atoms with van der Waals surface area (Å²) in [5.41, 5.74) is 7.80. The van der Waals surface area contributed by atoms with Crippen molar-refractivity contribution in [2.45, 2.75) is 18.0 Å². The summed E-state index contributed by atoms with van der Waals surface area (Å²) in [6, 6.07) is 2.16. The fourth-order valence-corrected chi connectivity index (χ4v) is 3.74. The van der Waals surface area contributed by atoms with E-state index in [0.717, 1.165) is 35.9 Å². The van der Waals surface area contributed by atoms with Crippen molar-refractivity contribution in [1.29, 1.82) is 0 Å². The Hall–Kier alpha value is -1.37. The van der Waals surface area contributed by atoms with Crippen molar-refractivity contribution in [3.8, 4) is 11.3 Å². The summed E-state index contributed by atoms with van der Waals surface area (Å²) in [6.45, 7) is 1.94. The lowest BCUT2D eigenvalue weighted by Crippen LogP contribution is -2.22. The van der Waals surface area contributed by atoms with Crippen molar-refractivity contribution in [2.75, 3.05) is 12.8 Å². The van der Waals surface area contributed by atoms with E-state index < -0.39 is 0 Å². The maximum Gasteiger partial charge on any atom is 0.139 e. The molecular weight excluding hydrogens is 288 g/mol. The van der Waals surface area contributed by atoms with Gasteiger partial charge in [-0.2, -0.15) is 0 Å². The zero-order chi connectivity index (χ0) is 13.5. The Bertz CT molecular complexity index is 761. The number of hydrogen-bond acceptors (Lipinski definition) is 5. The van der Waals surface area contributed by atoms with Crippen LogP contribution in [0.25, 0.3) is 22.3 Å². The molecule has 1 aliphatic heterocycles. The lowest BCUT2D eigenvalue weighted by molar-refractivity contribution is 0.641. The molecule has 0 atom stereocenters. The number of pyridine rings is 1. The Labute approximate surface area is 125 Å². The molecule has 2 N–H and O–H groups in total. The summed E-state index contributed by atoms with van der Waals surface area (Å²) in [4.78, 5) is 12.7. The first-order chi connectivity index (χ1) is 9.86. The van der Waals surface area contributed by atoms with Crippen molar-refractivity contribution >= 4 is 34.1 Å². The molecule has 0 unspecified atom stereocenters. The summed E-state index contributed by atoms with van der Waals surface area (Å²) in [7, 11) is 0. The summed E-state index contributed by atoms with van der Waals surface area (Å²) in [5.74, 6) is 0. The Balaban J connectivity index is 2.06. The third kappa shape index (κ3) is 1.87. The largest absolute Gasteiger partial charge is 0.343 e. The molecule has 6 heteroatoms. The second kappa shape index (κ2) is 4.87. The van der Waals surface area contributed by atoms with Crippen molar-refractivity contribution < 1.29 is 0 Å². The highest BCUT2D eigenvalue weighted by molar-refractivity contribution is 7.98. The van der Waals surface area contributed by atoms with Crippen LogP contribution in [-0.4, -0.2) is 27.8 Å². The minimum atomic E-state index is 0.909. The summed E-state index contributed by atoms with van der Waals surface area (Å²) >= 11 is 3.30. The van der Waals surface area contributed by atoms with E-state index in [4.69, 9.17) is 4.98 Å². The molecular formula is C14H14N4S2. The Kier molecular flexibility index (Phi) is 3.02. The highest BCUT2D eigenvalue weighted by atomic mass is 32.2. The molecule has 20 heavy (non-hydrogen) atoms. The highest BCUT2D eigenvalue weighted by Gasteiger charge is 2.20. The van der Waals surface area contributed by atoms with Crippen LogP contribution < -0.4 is 5.32 Å². The molecule has 4 heterocycles. The summed E-state index contributed by atoms with van der Waals surface area (Å²) in [6.07, 6.45) is 3.10. The average molecular weight is 302 g/mol. The fraction of sp³-hybridized carbons (Fsp3) is 0.286. The number of hydrogen-bond donors (Lipinski definition) is 2. The second-order valence-corrected chi connectivity index (χ2v) is 6.36. The predicted octanol–water partition coefficient (Wildman–Crippen LogP) is 3.05. The van der Waals surface area contributed by atoms with E-state index in [1.807, 2.05) is 5.51 Å². The van der Waals surface area contributed by atoms with Crippen LogP contribution in [0.2, 0.25) is 0 Å². The number of thiazole rings is 1. The van der Waals surface area contributed by atoms with E-state index in [-0.39, 0.29) is 0 Å². The zero-order valence-corrected chi connectivity index (χ0v) is 12.7. The molecule has 0 saturated heterocycles. The number of rotatable bonds is 2. The summed E-state index contributed by atoms with van der Waals surface area (Å²) in [5, 5.41) is 7.82. The molecule has 3 aromatic rings. The molecule has 4 nitrogen and oxygen atoms in total. The molecule has 4 rings (SSSR count). The van der Waals surface area contributed by atoms with Crippen LogP contribution in [0.1, 0.15) is 11.3 Å². The topological polar surface area (TPSA) is 53.6 Å². The summed E-state index contributed by atoms with van der Waals surface area (Å²) < 4.78 is 0. The van der Waals surface area contributed by atoms with E-state index in [1.54, 1.807) is 23.1 Å². The van der Waals surface area contributed by atoms with E-state index in [2.05, 4.69) is 33.0 Å². The predicted molar refractivity (Wildman–Crippen MR) is 84.4 cm³/mol. The van der Waals surface area contributed by atoms with Gasteiger partial charge in [-0.15, -0.1) is 23.1 Å². The van der Waals surface area contributed by atoms with Crippen molar-refractivity contribution in [2.24, 2.45) is 0 Å². The maximum atomic E-state index is 4.72.